The summed E-state index contributed by atoms with van der Waals surface area (Å²) in [5.41, 5.74) is 8.06. The van der Waals surface area contributed by atoms with Crippen LogP contribution in [0.25, 0.3) is 86.9 Å². The van der Waals surface area contributed by atoms with E-state index in [0.29, 0.717) is 0 Å². The first-order valence-electron chi connectivity index (χ1n) is 18.1. The van der Waals surface area contributed by atoms with Gasteiger partial charge in [0.2, 0.25) is 0 Å². The fourth-order valence-electron chi connectivity index (χ4n) is 9.38. The first-order valence-corrected chi connectivity index (χ1v) is 21.1. The van der Waals surface area contributed by atoms with E-state index < -0.39 is 8.07 Å². The number of halogens is 2. The van der Waals surface area contributed by atoms with Crippen LogP contribution in [0.5, 0.6) is 0 Å². The summed E-state index contributed by atoms with van der Waals surface area (Å²) in [4.78, 5) is 0. The Kier molecular flexibility index (Phi) is 10.1. The van der Waals surface area contributed by atoms with Crippen LogP contribution in [0, 0.1) is 13.8 Å². The summed E-state index contributed by atoms with van der Waals surface area (Å²) in [5, 5.41) is 18.9. The molecule has 0 N–H and O–H groups in total. The maximum Gasteiger partial charge on any atom is 4.00 e. The van der Waals surface area contributed by atoms with Gasteiger partial charge in [-0.25, -0.2) is 0 Å². The maximum atomic E-state index is 2.59. The number of hydrogen-bond acceptors (Lipinski definition) is 0. The van der Waals surface area contributed by atoms with Crippen molar-refractivity contribution in [2.24, 2.45) is 0 Å². The molecule has 0 bridgehead atoms. The minimum atomic E-state index is -2.28. The van der Waals surface area contributed by atoms with E-state index in [1.165, 1.54) is 98.0 Å². The Morgan fingerprint density at radius 2 is 0.741 bits per heavy atom. The van der Waals surface area contributed by atoms with E-state index in [2.05, 4.69) is 185 Å². The first-order chi connectivity index (χ1) is 24.8. The summed E-state index contributed by atoms with van der Waals surface area (Å²) in [5.74, 6) is 0. The van der Waals surface area contributed by atoms with Gasteiger partial charge in [0.05, 0.1) is 0 Å². The van der Waals surface area contributed by atoms with E-state index in [1.54, 1.807) is 10.4 Å². The molecular weight excluding hydrogens is 791 g/mol. The molecule has 0 aliphatic carbocycles. The van der Waals surface area contributed by atoms with Crippen molar-refractivity contribution >= 4 is 83.1 Å². The number of aryl methyl sites for hydroxylation is 2. The van der Waals surface area contributed by atoms with Crippen molar-refractivity contribution in [3.8, 4) is 22.3 Å². The fraction of sp³-hybridized carbons (Fsp3) is 0.0800. The zero-order chi connectivity index (χ0) is 34.4. The summed E-state index contributed by atoms with van der Waals surface area (Å²) in [6.45, 7) is 9.86. The molecule has 10 aromatic rings. The van der Waals surface area contributed by atoms with Crippen molar-refractivity contribution in [1.82, 2.24) is 0 Å². The molecule has 0 saturated carbocycles. The van der Waals surface area contributed by atoms with Gasteiger partial charge in [0.15, 0.2) is 0 Å². The Hall–Kier alpha value is -4.30. The monoisotopic (exact) mass is 826 g/mol. The summed E-state index contributed by atoms with van der Waals surface area (Å²) < 4.78 is 0. The summed E-state index contributed by atoms with van der Waals surface area (Å²) in [6.07, 6.45) is 0. The van der Waals surface area contributed by atoms with Gasteiger partial charge in [0.1, 0.15) is 0 Å². The molecule has 0 heterocycles. The van der Waals surface area contributed by atoms with Crippen LogP contribution in [0.15, 0.2) is 158 Å². The fourth-order valence-corrected chi connectivity index (χ4v) is 13.6. The Balaban J connectivity index is 0.00000150. The molecule has 260 valence electrons. The van der Waals surface area contributed by atoms with E-state index in [-0.39, 0.29) is 51.0 Å². The van der Waals surface area contributed by atoms with Gasteiger partial charge in [-0.1, -0.05) is 123 Å². The molecular formula is C50H38Cl2SiZr. The summed E-state index contributed by atoms with van der Waals surface area (Å²) in [6, 6.07) is 59.5. The van der Waals surface area contributed by atoms with Gasteiger partial charge in [0.25, 0.3) is 0 Å². The van der Waals surface area contributed by atoms with Crippen LogP contribution in [0.2, 0.25) is 13.1 Å². The van der Waals surface area contributed by atoms with Gasteiger partial charge in [-0.2, -0.15) is 10.4 Å². The minimum absolute atomic E-state index is 0. The predicted molar refractivity (Wildman–Crippen MR) is 226 cm³/mol. The second-order valence-electron chi connectivity index (χ2n) is 15.1. The molecule has 0 nitrogen and oxygen atoms in total. The average molecular weight is 829 g/mol. The summed E-state index contributed by atoms with van der Waals surface area (Å²) >= 11 is 0. The Morgan fingerprint density at radius 1 is 0.389 bits per heavy atom. The quantitative estimate of drug-likeness (QED) is 0.104. The third kappa shape index (κ3) is 6.00. The molecule has 54 heavy (non-hydrogen) atoms. The van der Waals surface area contributed by atoms with E-state index in [0.717, 1.165) is 0 Å². The molecule has 0 aliphatic heterocycles. The molecule has 0 fully saturated rings. The van der Waals surface area contributed by atoms with E-state index in [9.17, 15) is 0 Å². The van der Waals surface area contributed by atoms with Gasteiger partial charge in [0, 0.05) is 8.07 Å². The Bertz CT molecular complexity index is 2830. The molecule has 0 radical (unpaired) electrons. The van der Waals surface area contributed by atoms with Crippen molar-refractivity contribution in [3.63, 3.8) is 0 Å². The van der Waals surface area contributed by atoms with Crippen molar-refractivity contribution in [2.75, 3.05) is 0 Å². The smallest absolute Gasteiger partial charge is 1.00 e. The molecule has 0 amide bonds. The third-order valence-electron chi connectivity index (χ3n) is 11.5. The Labute approximate surface area is 349 Å². The van der Waals surface area contributed by atoms with Crippen LogP contribution in [-0.4, -0.2) is 8.07 Å². The predicted octanol–water partition coefficient (Wildman–Crippen LogP) is 6.82. The standard InChI is InChI=1S/C50H38Si.2ClH.Zr/c1-31-23-41-15-9-17-45(39-21-19-37-25-33-11-5-7-13-35(33)27-43(37)29-39)47(41)49(31)51(3,4)50-32(2)24-42-16-10-18-46(48(42)50)40-22-20-38-26-34-12-6-8-14-36(34)28-44(38)30-40;;;/h5-30H,1-4H3;2*1H;/q-2;;;+4/p-2. The van der Waals surface area contributed by atoms with Crippen LogP contribution in [-0.2, 0) is 26.2 Å². The normalized spacial score (nSPS) is 11.6. The molecule has 10 rings (SSSR count). The van der Waals surface area contributed by atoms with Crippen LogP contribution in [0.4, 0.5) is 0 Å². The number of hydrogen-bond donors (Lipinski definition) is 0. The van der Waals surface area contributed by atoms with Crippen LogP contribution in [0.3, 0.4) is 0 Å². The molecule has 4 heteroatoms. The molecule has 0 unspecified atom stereocenters. The third-order valence-corrected chi connectivity index (χ3v) is 15.3. The van der Waals surface area contributed by atoms with Crippen LogP contribution < -0.4 is 35.2 Å². The van der Waals surface area contributed by atoms with Gasteiger partial charge >= 0.3 is 26.2 Å². The van der Waals surface area contributed by atoms with Crippen molar-refractivity contribution in [1.29, 1.82) is 0 Å². The van der Waals surface area contributed by atoms with Crippen molar-refractivity contribution < 1.29 is 51.0 Å². The van der Waals surface area contributed by atoms with E-state index in [1.807, 2.05) is 0 Å². The molecule has 0 saturated heterocycles. The first kappa shape index (κ1) is 38.0. The van der Waals surface area contributed by atoms with Gasteiger partial charge < -0.3 is 24.8 Å². The van der Waals surface area contributed by atoms with Crippen molar-refractivity contribution in [3.05, 3.63) is 169 Å². The minimum Gasteiger partial charge on any atom is -1.00 e. The molecule has 10 aromatic carbocycles. The molecule has 0 spiro atoms. The van der Waals surface area contributed by atoms with E-state index >= 15 is 0 Å². The zero-order valence-electron chi connectivity index (χ0n) is 30.8. The maximum absolute atomic E-state index is 2.59. The molecule has 0 atom stereocenters. The van der Waals surface area contributed by atoms with Crippen LogP contribution in [0.1, 0.15) is 11.1 Å². The van der Waals surface area contributed by atoms with E-state index in [4.69, 9.17) is 0 Å². The number of benzene rings is 8. The SMILES string of the molecule is Cc1[cH-]c2cccc(-c3ccc4cc5ccccc5cc4c3)c2c1[Si](C)(C)c1c(C)[cH-]c2cccc(-c3ccc4cc5ccccc5cc4c3)c12.[Cl-].[Cl-].[Zr+4]. The topological polar surface area (TPSA) is 0 Å². The number of fused-ring (bicyclic) bond motifs is 6. The second kappa shape index (κ2) is 14.4. The van der Waals surface area contributed by atoms with Gasteiger partial charge in [-0.15, -0.1) is 69.1 Å². The molecule has 0 aliphatic rings. The van der Waals surface area contributed by atoms with Gasteiger partial charge in [-0.3, -0.25) is 0 Å². The zero-order valence-corrected chi connectivity index (χ0v) is 35.7. The largest absolute Gasteiger partial charge is 4.00 e. The second-order valence-corrected chi connectivity index (χ2v) is 19.3. The Morgan fingerprint density at radius 3 is 1.13 bits per heavy atom. The van der Waals surface area contributed by atoms with Crippen LogP contribution >= 0.6 is 0 Å². The number of rotatable bonds is 4. The average Bonchev–Trinajstić information content (AvgIpc) is 3.68. The van der Waals surface area contributed by atoms with Crippen molar-refractivity contribution in [2.45, 2.75) is 26.9 Å². The van der Waals surface area contributed by atoms with Gasteiger partial charge in [-0.05, 0) is 90.6 Å². The summed E-state index contributed by atoms with van der Waals surface area (Å²) in [7, 11) is -2.28. The molecule has 0 aromatic heterocycles.